The Morgan fingerprint density at radius 1 is 1.19 bits per heavy atom. The zero-order valence-electron chi connectivity index (χ0n) is 12.1. The molecule has 21 heavy (non-hydrogen) atoms. The molecule has 0 saturated heterocycles. The molecular formula is C16H18N2OS2. The van der Waals surface area contributed by atoms with Crippen LogP contribution in [-0.4, -0.2) is 4.98 Å². The molecule has 3 aromatic heterocycles. The van der Waals surface area contributed by atoms with Crippen LogP contribution in [-0.2, 0) is 13.0 Å². The fourth-order valence-electron chi connectivity index (χ4n) is 2.22. The summed E-state index contributed by atoms with van der Waals surface area (Å²) < 4.78 is 5.65. The van der Waals surface area contributed by atoms with E-state index in [1.165, 1.54) is 9.75 Å². The van der Waals surface area contributed by atoms with Crippen molar-refractivity contribution < 1.29 is 4.42 Å². The summed E-state index contributed by atoms with van der Waals surface area (Å²) in [6.07, 6.45) is 0.997. The van der Waals surface area contributed by atoms with Gasteiger partial charge in [-0.25, -0.2) is 4.98 Å². The zero-order valence-corrected chi connectivity index (χ0v) is 13.8. The molecular weight excluding hydrogens is 300 g/mol. The van der Waals surface area contributed by atoms with Crippen molar-refractivity contribution in [2.24, 2.45) is 0 Å². The third kappa shape index (κ3) is 3.61. The molecule has 0 spiro atoms. The number of rotatable bonds is 6. The first-order chi connectivity index (χ1) is 10.2. The molecule has 0 amide bonds. The minimum absolute atomic E-state index is 0.302. The molecule has 0 radical (unpaired) electrons. The molecule has 0 aliphatic rings. The minimum atomic E-state index is 0.302. The molecule has 0 aliphatic carbocycles. The predicted octanol–water partition coefficient (Wildman–Crippen LogP) is 4.49. The van der Waals surface area contributed by atoms with Crippen molar-refractivity contribution >= 4 is 22.7 Å². The van der Waals surface area contributed by atoms with Gasteiger partial charge in [0.05, 0.1) is 12.2 Å². The van der Waals surface area contributed by atoms with Crippen LogP contribution in [0.4, 0.5) is 0 Å². The van der Waals surface area contributed by atoms with Crippen molar-refractivity contribution in [3.05, 3.63) is 62.1 Å². The fourth-order valence-corrected chi connectivity index (χ4v) is 3.77. The van der Waals surface area contributed by atoms with Gasteiger partial charge in [-0.15, -0.1) is 22.7 Å². The van der Waals surface area contributed by atoms with Gasteiger partial charge < -0.3 is 9.73 Å². The molecule has 0 fully saturated rings. The van der Waals surface area contributed by atoms with E-state index in [2.05, 4.69) is 45.3 Å². The Kier molecular flexibility index (Phi) is 4.53. The van der Waals surface area contributed by atoms with Gasteiger partial charge in [0.1, 0.15) is 5.76 Å². The number of hydrogen-bond donors (Lipinski definition) is 1. The summed E-state index contributed by atoms with van der Waals surface area (Å²) in [6.45, 7) is 4.58. The third-order valence-corrected chi connectivity index (χ3v) is 5.33. The molecule has 3 heterocycles. The van der Waals surface area contributed by atoms with Gasteiger partial charge in [0.2, 0.25) is 5.89 Å². The monoisotopic (exact) mass is 318 g/mol. The second-order valence-electron chi connectivity index (χ2n) is 4.98. The van der Waals surface area contributed by atoms with Crippen molar-refractivity contribution in [3.8, 4) is 0 Å². The largest absolute Gasteiger partial charge is 0.444 e. The van der Waals surface area contributed by atoms with E-state index in [0.29, 0.717) is 12.6 Å². The van der Waals surface area contributed by atoms with Gasteiger partial charge in [0.15, 0.2) is 0 Å². The lowest BCUT2D eigenvalue weighted by Gasteiger charge is -2.15. The maximum atomic E-state index is 5.65. The summed E-state index contributed by atoms with van der Waals surface area (Å²) in [5, 5.41) is 7.83. The summed E-state index contributed by atoms with van der Waals surface area (Å²) in [4.78, 5) is 7.18. The summed E-state index contributed by atoms with van der Waals surface area (Å²) in [5.74, 6) is 1.66. The van der Waals surface area contributed by atoms with Crippen molar-refractivity contribution in [1.82, 2.24) is 10.3 Å². The topological polar surface area (TPSA) is 38.1 Å². The lowest BCUT2D eigenvalue weighted by Crippen LogP contribution is -2.22. The number of nitrogens with one attached hydrogen (secondary N) is 1. The van der Waals surface area contributed by atoms with Crippen LogP contribution >= 0.6 is 22.7 Å². The lowest BCUT2D eigenvalue weighted by molar-refractivity contribution is 0.425. The average Bonchev–Trinajstić information content (AvgIpc) is 3.18. The molecule has 0 aromatic carbocycles. The van der Waals surface area contributed by atoms with Gasteiger partial charge in [0.25, 0.3) is 0 Å². The second-order valence-corrected chi connectivity index (χ2v) is 6.99. The van der Waals surface area contributed by atoms with Gasteiger partial charge in [-0.2, -0.15) is 0 Å². The quantitative estimate of drug-likeness (QED) is 0.728. The standard InChI is InChI=1S/C16H18N2OS2/c1-11-12(2)19-16(18-11)10-17-14(15-6-4-8-21-15)9-13-5-3-7-20-13/h3-8,14,17H,9-10H2,1-2H3. The van der Waals surface area contributed by atoms with Gasteiger partial charge in [-0.3, -0.25) is 0 Å². The minimum Gasteiger partial charge on any atom is -0.444 e. The Balaban J connectivity index is 1.70. The van der Waals surface area contributed by atoms with E-state index >= 15 is 0 Å². The highest BCUT2D eigenvalue weighted by molar-refractivity contribution is 7.10. The first-order valence-electron chi connectivity index (χ1n) is 6.94. The van der Waals surface area contributed by atoms with Crippen LogP contribution in [0, 0.1) is 13.8 Å². The van der Waals surface area contributed by atoms with Gasteiger partial charge >= 0.3 is 0 Å². The SMILES string of the molecule is Cc1nc(CNC(Cc2cccs2)c2cccs2)oc1C. The van der Waals surface area contributed by atoms with Crippen molar-refractivity contribution in [2.75, 3.05) is 0 Å². The molecule has 1 N–H and O–H groups in total. The van der Waals surface area contributed by atoms with Crippen molar-refractivity contribution in [3.63, 3.8) is 0 Å². The molecule has 3 aromatic rings. The summed E-state index contributed by atoms with van der Waals surface area (Å²) in [7, 11) is 0. The number of hydrogen-bond acceptors (Lipinski definition) is 5. The smallest absolute Gasteiger partial charge is 0.208 e. The Morgan fingerprint density at radius 2 is 2.00 bits per heavy atom. The molecule has 1 atom stereocenters. The highest BCUT2D eigenvalue weighted by Crippen LogP contribution is 2.25. The molecule has 1 unspecified atom stereocenters. The number of aromatic nitrogens is 1. The van der Waals surface area contributed by atoms with Crippen LogP contribution in [0.5, 0.6) is 0 Å². The van der Waals surface area contributed by atoms with Crippen molar-refractivity contribution in [2.45, 2.75) is 32.9 Å². The van der Waals surface area contributed by atoms with Gasteiger partial charge in [-0.05, 0) is 36.7 Å². The molecule has 0 bridgehead atoms. The molecule has 3 rings (SSSR count). The Morgan fingerprint density at radius 3 is 2.62 bits per heavy atom. The zero-order chi connectivity index (χ0) is 14.7. The Hall–Kier alpha value is -1.43. The fraction of sp³-hybridized carbons (Fsp3) is 0.312. The number of nitrogens with zero attached hydrogens (tertiary/aromatic N) is 1. The van der Waals surface area contributed by atoms with Crippen LogP contribution in [0.3, 0.4) is 0 Å². The highest BCUT2D eigenvalue weighted by Gasteiger charge is 2.15. The maximum Gasteiger partial charge on any atom is 0.208 e. The predicted molar refractivity (Wildman–Crippen MR) is 87.9 cm³/mol. The number of thiophene rings is 2. The molecule has 5 heteroatoms. The van der Waals surface area contributed by atoms with E-state index in [9.17, 15) is 0 Å². The van der Waals surface area contributed by atoms with E-state index in [1.807, 2.05) is 13.8 Å². The summed E-state index contributed by atoms with van der Waals surface area (Å²) in [6, 6.07) is 8.87. The second kappa shape index (κ2) is 6.56. The van der Waals surface area contributed by atoms with Crippen LogP contribution < -0.4 is 5.32 Å². The summed E-state index contributed by atoms with van der Waals surface area (Å²) >= 11 is 3.59. The number of aryl methyl sites for hydroxylation is 2. The first-order valence-corrected chi connectivity index (χ1v) is 8.70. The van der Waals surface area contributed by atoms with E-state index < -0.39 is 0 Å². The highest BCUT2D eigenvalue weighted by atomic mass is 32.1. The number of oxazole rings is 1. The van der Waals surface area contributed by atoms with Crippen LogP contribution in [0.1, 0.15) is 33.1 Å². The molecule has 0 aliphatic heterocycles. The van der Waals surface area contributed by atoms with Gasteiger partial charge in [-0.1, -0.05) is 12.1 Å². The molecule has 3 nitrogen and oxygen atoms in total. The third-order valence-electron chi connectivity index (χ3n) is 3.44. The molecule has 110 valence electrons. The maximum absolute atomic E-state index is 5.65. The normalized spacial score (nSPS) is 12.7. The van der Waals surface area contributed by atoms with E-state index in [1.54, 1.807) is 22.7 Å². The van der Waals surface area contributed by atoms with E-state index in [4.69, 9.17) is 4.42 Å². The van der Waals surface area contributed by atoms with Crippen LogP contribution in [0.25, 0.3) is 0 Å². The van der Waals surface area contributed by atoms with E-state index in [0.717, 1.165) is 23.8 Å². The van der Waals surface area contributed by atoms with Crippen LogP contribution in [0.2, 0.25) is 0 Å². The first kappa shape index (κ1) is 14.5. The Labute approximate surface area is 132 Å². The van der Waals surface area contributed by atoms with Gasteiger partial charge in [0, 0.05) is 22.2 Å². The van der Waals surface area contributed by atoms with E-state index in [-0.39, 0.29) is 0 Å². The summed E-state index contributed by atoms with van der Waals surface area (Å²) in [5.41, 5.74) is 0.970. The van der Waals surface area contributed by atoms with Crippen molar-refractivity contribution in [1.29, 1.82) is 0 Å². The molecule has 0 saturated carbocycles. The Bertz CT molecular complexity index is 652. The average molecular weight is 318 g/mol. The lowest BCUT2D eigenvalue weighted by atomic mass is 10.1. The van der Waals surface area contributed by atoms with Crippen LogP contribution in [0.15, 0.2) is 39.4 Å².